The zero-order chi connectivity index (χ0) is 24.1. The van der Waals surface area contributed by atoms with Gasteiger partial charge in [-0.05, 0) is 52.2 Å². The van der Waals surface area contributed by atoms with Crippen molar-refractivity contribution >= 4 is 67.4 Å². The summed E-state index contributed by atoms with van der Waals surface area (Å²) in [7, 11) is 0. The van der Waals surface area contributed by atoms with Crippen LogP contribution in [0.2, 0.25) is 0 Å². The maximum absolute atomic E-state index is 2.61. The number of aromatic nitrogens is 1. The third-order valence-electron chi connectivity index (χ3n) is 8.32. The topological polar surface area (TPSA) is 8.17 Å². The minimum atomic E-state index is 0.100. The quantitative estimate of drug-likeness (QED) is 0.229. The van der Waals surface area contributed by atoms with E-state index in [2.05, 4.69) is 137 Å². The average Bonchev–Trinajstić information content (AvgIpc) is 3.30. The van der Waals surface area contributed by atoms with E-state index in [0.29, 0.717) is 0 Å². The molecular weight excluding hydrogens is 447 g/mol. The normalized spacial score (nSPS) is 13.3. The van der Waals surface area contributed by atoms with Gasteiger partial charge in [0.2, 0.25) is 0 Å². The summed E-state index contributed by atoms with van der Waals surface area (Å²) in [5.41, 5.74) is 11.8. The first-order chi connectivity index (χ1) is 18.4. The molecular formula is C34H21BN2. The van der Waals surface area contributed by atoms with Crippen LogP contribution in [0.4, 0.5) is 17.1 Å². The van der Waals surface area contributed by atoms with Crippen LogP contribution in [0.15, 0.2) is 127 Å². The van der Waals surface area contributed by atoms with E-state index in [0.717, 1.165) is 0 Å². The van der Waals surface area contributed by atoms with Crippen LogP contribution < -0.4 is 15.8 Å². The van der Waals surface area contributed by atoms with Crippen molar-refractivity contribution in [1.29, 1.82) is 0 Å². The molecule has 1 aromatic heterocycles. The minimum Gasteiger partial charge on any atom is -0.375 e. The number of anilines is 3. The van der Waals surface area contributed by atoms with Gasteiger partial charge in [0, 0.05) is 44.1 Å². The Morgan fingerprint density at radius 3 is 2.19 bits per heavy atom. The average molecular weight is 468 g/mol. The molecule has 0 saturated heterocycles. The molecule has 0 unspecified atom stereocenters. The van der Waals surface area contributed by atoms with Crippen molar-refractivity contribution in [3.8, 4) is 11.1 Å². The van der Waals surface area contributed by atoms with Crippen LogP contribution in [0.1, 0.15) is 0 Å². The van der Waals surface area contributed by atoms with Crippen LogP contribution in [0.5, 0.6) is 0 Å². The molecule has 0 amide bonds. The molecule has 2 aliphatic rings. The Bertz CT molecular complexity index is 2050. The molecule has 0 saturated carbocycles. The van der Waals surface area contributed by atoms with Crippen molar-refractivity contribution in [3.05, 3.63) is 127 Å². The van der Waals surface area contributed by atoms with E-state index < -0.39 is 0 Å². The van der Waals surface area contributed by atoms with Crippen molar-refractivity contribution in [1.82, 2.24) is 4.48 Å². The van der Waals surface area contributed by atoms with Crippen molar-refractivity contribution in [3.63, 3.8) is 0 Å². The molecule has 170 valence electrons. The van der Waals surface area contributed by atoms with Crippen molar-refractivity contribution in [2.45, 2.75) is 0 Å². The number of rotatable bonds is 1. The van der Waals surface area contributed by atoms with Gasteiger partial charge in [-0.1, -0.05) is 97.1 Å². The standard InChI is InChI=1S/C34H21BN2/c1-2-12-23(13-3-1)36-31-20-9-7-18-29(31)35-32-28(21-22-11-4-5-14-24(22)34(32)36)27-17-10-16-26-25-15-6-8-19-30(25)37(35)33(26)27/h1-21H. The first-order valence-corrected chi connectivity index (χ1v) is 12.9. The fourth-order valence-electron chi connectivity index (χ4n) is 6.93. The molecule has 0 aliphatic carbocycles. The second-order valence-electron chi connectivity index (χ2n) is 10.1. The van der Waals surface area contributed by atoms with E-state index in [1.165, 1.54) is 71.7 Å². The molecule has 0 spiro atoms. The van der Waals surface area contributed by atoms with Crippen molar-refractivity contribution < 1.29 is 0 Å². The maximum atomic E-state index is 2.61. The summed E-state index contributed by atoms with van der Waals surface area (Å²) in [6, 6.07) is 46.8. The van der Waals surface area contributed by atoms with Gasteiger partial charge in [0.15, 0.2) is 0 Å². The number of nitrogens with zero attached hydrogens (tertiary/aromatic N) is 2. The summed E-state index contributed by atoms with van der Waals surface area (Å²) >= 11 is 0. The summed E-state index contributed by atoms with van der Waals surface area (Å²) < 4.78 is 2.61. The lowest BCUT2D eigenvalue weighted by molar-refractivity contribution is 1.26. The Morgan fingerprint density at radius 2 is 1.27 bits per heavy atom. The first kappa shape index (κ1) is 19.4. The number of para-hydroxylation sites is 4. The molecule has 0 fully saturated rings. The van der Waals surface area contributed by atoms with Crippen LogP contribution >= 0.6 is 0 Å². The molecule has 6 aromatic carbocycles. The molecule has 9 rings (SSSR count). The molecule has 3 heteroatoms. The Hall–Kier alpha value is -4.76. The van der Waals surface area contributed by atoms with Gasteiger partial charge in [-0.25, -0.2) is 0 Å². The fourth-order valence-corrected chi connectivity index (χ4v) is 6.93. The van der Waals surface area contributed by atoms with Gasteiger partial charge in [-0.3, -0.25) is 0 Å². The van der Waals surface area contributed by atoms with Crippen LogP contribution in [-0.2, 0) is 0 Å². The van der Waals surface area contributed by atoms with Crippen molar-refractivity contribution in [2.24, 2.45) is 0 Å². The lowest BCUT2D eigenvalue weighted by Gasteiger charge is -2.41. The SMILES string of the molecule is c1ccc(N2c3ccccc3B3c4c(cc5ccccc5c42)-c2cccc4c5ccccc5n3c24)cc1. The summed E-state index contributed by atoms with van der Waals surface area (Å²) in [5, 5.41) is 5.21. The van der Waals surface area contributed by atoms with Gasteiger partial charge in [0.25, 0.3) is 0 Å². The van der Waals surface area contributed by atoms with E-state index in [4.69, 9.17) is 0 Å². The van der Waals surface area contributed by atoms with Gasteiger partial charge < -0.3 is 9.38 Å². The number of hydrogen-bond donors (Lipinski definition) is 0. The van der Waals surface area contributed by atoms with E-state index >= 15 is 0 Å². The highest BCUT2D eigenvalue weighted by atomic mass is 15.2. The molecule has 37 heavy (non-hydrogen) atoms. The number of hydrogen-bond acceptors (Lipinski definition) is 1. The van der Waals surface area contributed by atoms with Crippen LogP contribution in [-0.4, -0.2) is 11.3 Å². The maximum Gasteiger partial charge on any atom is 0.333 e. The summed E-state index contributed by atoms with van der Waals surface area (Å²) in [4.78, 5) is 2.49. The Labute approximate surface area is 215 Å². The summed E-state index contributed by atoms with van der Waals surface area (Å²) in [6.07, 6.45) is 0. The summed E-state index contributed by atoms with van der Waals surface area (Å²) in [6.45, 7) is 0.100. The predicted octanol–water partition coefficient (Wildman–Crippen LogP) is 7.37. The zero-order valence-electron chi connectivity index (χ0n) is 20.1. The summed E-state index contributed by atoms with van der Waals surface area (Å²) in [5.74, 6) is 0. The van der Waals surface area contributed by atoms with E-state index in [1.807, 2.05) is 0 Å². The van der Waals surface area contributed by atoms with E-state index in [-0.39, 0.29) is 6.85 Å². The number of fused-ring (bicyclic) bond motifs is 9. The third-order valence-corrected chi connectivity index (χ3v) is 8.32. The minimum absolute atomic E-state index is 0.100. The first-order valence-electron chi connectivity index (χ1n) is 12.9. The highest BCUT2D eigenvalue weighted by molar-refractivity contribution is 6.90. The van der Waals surface area contributed by atoms with Gasteiger partial charge in [0.1, 0.15) is 0 Å². The molecule has 0 bridgehead atoms. The highest BCUT2D eigenvalue weighted by Gasteiger charge is 2.43. The van der Waals surface area contributed by atoms with Crippen LogP contribution in [0, 0.1) is 0 Å². The van der Waals surface area contributed by atoms with Gasteiger partial charge in [-0.2, -0.15) is 0 Å². The molecule has 0 radical (unpaired) electrons. The van der Waals surface area contributed by atoms with Crippen LogP contribution in [0.3, 0.4) is 0 Å². The molecule has 0 N–H and O–H groups in total. The monoisotopic (exact) mass is 468 g/mol. The third kappa shape index (κ3) is 2.37. The second-order valence-corrected chi connectivity index (χ2v) is 10.1. The van der Waals surface area contributed by atoms with E-state index in [1.54, 1.807) is 0 Å². The predicted molar refractivity (Wildman–Crippen MR) is 157 cm³/mol. The molecule has 2 nitrogen and oxygen atoms in total. The lowest BCUT2D eigenvalue weighted by Crippen LogP contribution is -2.56. The second kappa shape index (κ2) is 6.92. The Kier molecular flexibility index (Phi) is 3.64. The lowest BCUT2D eigenvalue weighted by atomic mass is 9.45. The molecule has 3 heterocycles. The molecule has 0 atom stereocenters. The van der Waals surface area contributed by atoms with Crippen molar-refractivity contribution in [2.75, 3.05) is 4.90 Å². The fraction of sp³-hybridized carbons (Fsp3) is 0. The zero-order valence-corrected chi connectivity index (χ0v) is 20.1. The van der Waals surface area contributed by atoms with Gasteiger partial charge in [0.05, 0.1) is 5.69 Å². The Morgan fingerprint density at radius 1 is 0.541 bits per heavy atom. The highest BCUT2D eigenvalue weighted by Crippen LogP contribution is 2.47. The largest absolute Gasteiger partial charge is 0.375 e. The van der Waals surface area contributed by atoms with Crippen LogP contribution in [0.25, 0.3) is 43.7 Å². The van der Waals surface area contributed by atoms with Gasteiger partial charge in [-0.15, -0.1) is 0 Å². The van der Waals surface area contributed by atoms with Gasteiger partial charge >= 0.3 is 6.85 Å². The number of benzene rings is 6. The molecule has 2 aliphatic heterocycles. The Balaban J connectivity index is 1.55. The smallest absolute Gasteiger partial charge is 0.333 e. The van der Waals surface area contributed by atoms with E-state index in [9.17, 15) is 0 Å². The molecule has 7 aromatic rings.